The number of carboxylic acid groups (broad SMARTS) is 1. The minimum absolute atomic E-state index is 0.260. The average Bonchev–Trinajstić information content (AvgIpc) is 3.59. The number of rotatable bonds is 5. The van der Waals surface area contributed by atoms with Crippen LogP contribution in [0.15, 0.2) is 53.4 Å². The molecule has 1 saturated carbocycles. The topological polar surface area (TPSA) is 96.4 Å². The van der Waals surface area contributed by atoms with Gasteiger partial charge >= 0.3 is 12.1 Å². The summed E-state index contributed by atoms with van der Waals surface area (Å²) in [5.74, 6) is -0.720. The van der Waals surface area contributed by atoms with Crippen molar-refractivity contribution in [3.05, 3.63) is 54.1 Å². The Morgan fingerprint density at radius 1 is 1.14 bits per heavy atom. The summed E-state index contributed by atoms with van der Waals surface area (Å²) in [5.41, 5.74) is 0.419. The van der Waals surface area contributed by atoms with Gasteiger partial charge in [-0.05, 0) is 48.6 Å². The van der Waals surface area contributed by atoms with E-state index in [1.165, 1.54) is 12.8 Å². The molecule has 0 amide bonds. The SMILES string of the molecule is COc1ccc(CN2CC3(CCN(CC4CC4)C3)Oc3ccccc3S2(=O)=O)cc1.O=C(O)C(F)(F)F. The first-order valence-electron chi connectivity index (χ1n) is 11.9. The number of fused-ring (bicyclic) bond motifs is 1. The van der Waals surface area contributed by atoms with E-state index in [1.54, 1.807) is 29.6 Å². The number of aliphatic carboxylic acids is 1. The van der Waals surface area contributed by atoms with E-state index in [0.29, 0.717) is 18.8 Å². The van der Waals surface area contributed by atoms with Crippen molar-refractivity contribution in [2.75, 3.05) is 33.3 Å². The lowest BCUT2D eigenvalue weighted by atomic mass is 10.0. The number of halogens is 3. The second-order valence-corrected chi connectivity index (χ2v) is 11.5. The molecule has 3 aliphatic rings. The summed E-state index contributed by atoms with van der Waals surface area (Å²) < 4.78 is 72.2. The molecule has 2 fully saturated rings. The largest absolute Gasteiger partial charge is 0.497 e. The summed E-state index contributed by atoms with van der Waals surface area (Å²) in [6.45, 7) is 3.49. The third-order valence-electron chi connectivity index (χ3n) is 6.63. The monoisotopic (exact) mass is 542 g/mol. The molecule has 1 atom stereocenters. The number of hydrogen-bond acceptors (Lipinski definition) is 6. The van der Waals surface area contributed by atoms with Crippen LogP contribution in [0.4, 0.5) is 13.2 Å². The lowest BCUT2D eigenvalue weighted by Crippen LogP contribution is -2.49. The van der Waals surface area contributed by atoms with Gasteiger partial charge in [0.05, 0.1) is 13.7 Å². The van der Waals surface area contributed by atoms with E-state index in [0.717, 1.165) is 43.3 Å². The first kappa shape index (κ1) is 27.2. The second kappa shape index (κ2) is 10.5. The average molecular weight is 543 g/mol. The number of nitrogens with zero attached hydrogens (tertiary/aromatic N) is 2. The minimum Gasteiger partial charge on any atom is -0.497 e. The standard InChI is InChI=1S/C23H28N2O4S.C2HF3O2/c1-28-20-10-8-19(9-11-20)15-25-17-23(12-13-24(16-23)14-18-6-7-18)29-21-4-2-3-5-22(21)30(25,26)27;3-2(4,5)1(6)7/h2-5,8-11,18H,6-7,12-17H2,1H3;(H,6,7). The maximum atomic E-state index is 13.6. The number of benzene rings is 2. The Morgan fingerprint density at radius 2 is 1.78 bits per heavy atom. The van der Waals surface area contributed by atoms with Crippen molar-refractivity contribution < 1.29 is 41.0 Å². The molecule has 12 heteroatoms. The van der Waals surface area contributed by atoms with Gasteiger partial charge in [0, 0.05) is 32.6 Å². The molecule has 2 aromatic rings. The molecule has 1 unspecified atom stereocenters. The summed E-state index contributed by atoms with van der Waals surface area (Å²) >= 11 is 0. The Hall–Kier alpha value is -2.83. The van der Waals surface area contributed by atoms with Crippen molar-refractivity contribution in [2.45, 2.75) is 42.5 Å². The summed E-state index contributed by atoms with van der Waals surface area (Å²) in [5, 5.41) is 7.12. The highest BCUT2D eigenvalue weighted by Gasteiger charge is 2.48. The molecule has 2 heterocycles. The van der Waals surface area contributed by atoms with Crippen LogP contribution in [0.25, 0.3) is 0 Å². The molecule has 5 rings (SSSR count). The molecule has 0 radical (unpaired) electrons. The summed E-state index contributed by atoms with van der Waals surface area (Å²) in [6.07, 6.45) is -1.63. The maximum absolute atomic E-state index is 13.6. The maximum Gasteiger partial charge on any atom is 0.490 e. The van der Waals surface area contributed by atoms with Gasteiger partial charge in [0.25, 0.3) is 0 Å². The molecule has 2 aliphatic heterocycles. The molecule has 202 valence electrons. The number of carboxylic acids is 1. The number of ether oxygens (including phenoxy) is 2. The Labute approximate surface area is 213 Å². The van der Waals surface area contributed by atoms with E-state index in [-0.39, 0.29) is 4.90 Å². The fourth-order valence-corrected chi connectivity index (χ4v) is 6.21. The molecule has 0 aromatic heterocycles. The van der Waals surface area contributed by atoms with Gasteiger partial charge in [-0.3, -0.25) is 4.90 Å². The molecule has 8 nitrogen and oxygen atoms in total. The zero-order valence-corrected chi connectivity index (χ0v) is 21.1. The van der Waals surface area contributed by atoms with Gasteiger partial charge in [-0.1, -0.05) is 24.3 Å². The lowest BCUT2D eigenvalue weighted by Gasteiger charge is -2.32. The summed E-state index contributed by atoms with van der Waals surface area (Å²) in [6, 6.07) is 14.6. The highest BCUT2D eigenvalue weighted by molar-refractivity contribution is 7.89. The van der Waals surface area contributed by atoms with Gasteiger partial charge in [-0.25, -0.2) is 13.2 Å². The number of carbonyl (C=O) groups is 1. The van der Waals surface area contributed by atoms with Gasteiger partial charge < -0.3 is 14.6 Å². The first-order valence-corrected chi connectivity index (χ1v) is 13.3. The van der Waals surface area contributed by atoms with Crippen LogP contribution in [0.3, 0.4) is 0 Å². The van der Waals surface area contributed by atoms with Crippen LogP contribution < -0.4 is 9.47 Å². The predicted octanol–water partition coefficient (Wildman–Crippen LogP) is 3.77. The van der Waals surface area contributed by atoms with Gasteiger partial charge in [0.15, 0.2) is 0 Å². The van der Waals surface area contributed by atoms with Gasteiger partial charge in [0.2, 0.25) is 10.0 Å². The Bertz CT molecular complexity index is 1220. The van der Waals surface area contributed by atoms with Crippen molar-refractivity contribution in [3.8, 4) is 11.5 Å². The molecule has 2 aromatic carbocycles. The van der Waals surface area contributed by atoms with Crippen LogP contribution in [0.2, 0.25) is 0 Å². The Morgan fingerprint density at radius 3 is 2.38 bits per heavy atom. The van der Waals surface area contributed by atoms with Crippen molar-refractivity contribution in [1.29, 1.82) is 0 Å². The predicted molar refractivity (Wildman–Crippen MR) is 128 cm³/mol. The molecule has 1 spiro atoms. The molecule has 1 N–H and O–H groups in total. The van der Waals surface area contributed by atoms with Crippen LogP contribution >= 0.6 is 0 Å². The van der Waals surface area contributed by atoms with Gasteiger partial charge in [0.1, 0.15) is 22.0 Å². The quantitative estimate of drug-likeness (QED) is 0.615. The summed E-state index contributed by atoms with van der Waals surface area (Å²) in [4.78, 5) is 11.6. The van der Waals surface area contributed by atoms with E-state index in [2.05, 4.69) is 4.90 Å². The zero-order chi connectivity index (χ0) is 26.8. The lowest BCUT2D eigenvalue weighted by molar-refractivity contribution is -0.192. The van der Waals surface area contributed by atoms with Crippen molar-refractivity contribution in [2.24, 2.45) is 5.92 Å². The minimum atomic E-state index is -5.08. The van der Waals surface area contributed by atoms with Gasteiger partial charge in [-0.2, -0.15) is 17.5 Å². The van der Waals surface area contributed by atoms with E-state index in [9.17, 15) is 21.6 Å². The van der Waals surface area contributed by atoms with E-state index in [4.69, 9.17) is 19.4 Å². The summed E-state index contributed by atoms with van der Waals surface area (Å²) in [7, 11) is -2.04. The zero-order valence-electron chi connectivity index (χ0n) is 20.3. The van der Waals surface area contributed by atoms with Crippen LogP contribution in [-0.2, 0) is 21.4 Å². The fraction of sp³-hybridized carbons (Fsp3) is 0.480. The van der Waals surface area contributed by atoms with Crippen LogP contribution in [0.5, 0.6) is 11.5 Å². The van der Waals surface area contributed by atoms with Crippen molar-refractivity contribution in [1.82, 2.24) is 9.21 Å². The highest BCUT2D eigenvalue weighted by atomic mass is 32.2. The van der Waals surface area contributed by atoms with E-state index < -0.39 is 27.8 Å². The van der Waals surface area contributed by atoms with E-state index in [1.807, 2.05) is 30.3 Å². The highest BCUT2D eigenvalue weighted by Crippen LogP contribution is 2.40. The molecular formula is C25H29F3N2O6S. The Kier molecular flexibility index (Phi) is 7.72. The molecule has 0 bridgehead atoms. The second-order valence-electron chi connectivity index (χ2n) is 9.58. The number of sulfonamides is 1. The smallest absolute Gasteiger partial charge is 0.490 e. The molecule has 1 aliphatic carbocycles. The van der Waals surface area contributed by atoms with Crippen LogP contribution in [0, 0.1) is 5.92 Å². The van der Waals surface area contributed by atoms with Crippen molar-refractivity contribution >= 4 is 16.0 Å². The van der Waals surface area contributed by atoms with Crippen LogP contribution in [-0.4, -0.2) is 73.8 Å². The third-order valence-corrected chi connectivity index (χ3v) is 8.46. The Balaban J connectivity index is 0.000000405. The van der Waals surface area contributed by atoms with Crippen LogP contribution in [0.1, 0.15) is 24.8 Å². The number of hydrogen-bond donors (Lipinski definition) is 1. The molecule has 37 heavy (non-hydrogen) atoms. The molecular weight excluding hydrogens is 513 g/mol. The third kappa shape index (κ3) is 6.55. The van der Waals surface area contributed by atoms with Crippen molar-refractivity contribution in [3.63, 3.8) is 0 Å². The fourth-order valence-electron chi connectivity index (χ4n) is 4.60. The number of para-hydroxylation sites is 1. The number of likely N-dealkylation sites (tertiary alicyclic amines) is 1. The van der Waals surface area contributed by atoms with E-state index >= 15 is 0 Å². The van der Waals surface area contributed by atoms with Gasteiger partial charge in [-0.15, -0.1) is 0 Å². The first-order chi connectivity index (χ1) is 17.4. The molecule has 1 saturated heterocycles. The number of methoxy groups -OCH3 is 1. The normalized spacial score (nSPS) is 23.4. The number of alkyl halides is 3.